The first kappa shape index (κ1) is 23.2. The molecule has 9 heteroatoms. The van der Waals surface area contributed by atoms with E-state index in [1.54, 1.807) is 12.1 Å². The third kappa shape index (κ3) is 5.68. The van der Waals surface area contributed by atoms with E-state index in [1.165, 1.54) is 49.8 Å². The molecule has 0 unspecified atom stereocenters. The summed E-state index contributed by atoms with van der Waals surface area (Å²) in [6, 6.07) is 14.7. The zero-order valence-electron chi connectivity index (χ0n) is 17.7. The number of nitrogens with zero attached hydrogens (tertiary/aromatic N) is 2. The standard InChI is InChI=1S/C24H23ClF3N3O2/c25-19-8-4-5-9-20(19)31-23(14-21(30-31)24(26,27)28)33-15-22(32)29-18-12-10-17(11-13-18)16-6-2-1-3-7-16/h4-5,8-14,16H,1-3,6-7,15H2,(H,29,32). The van der Waals surface area contributed by atoms with Crippen molar-refractivity contribution in [2.24, 2.45) is 0 Å². The Morgan fingerprint density at radius 3 is 2.45 bits per heavy atom. The third-order valence-electron chi connectivity index (χ3n) is 5.67. The van der Waals surface area contributed by atoms with E-state index in [4.69, 9.17) is 16.3 Å². The van der Waals surface area contributed by atoms with Crippen molar-refractivity contribution in [2.45, 2.75) is 44.2 Å². The van der Waals surface area contributed by atoms with E-state index in [0.717, 1.165) is 10.7 Å². The van der Waals surface area contributed by atoms with Gasteiger partial charge < -0.3 is 10.1 Å². The van der Waals surface area contributed by atoms with Gasteiger partial charge in [0.05, 0.1) is 10.7 Å². The Kier molecular flexibility index (Phi) is 6.93. The lowest BCUT2D eigenvalue weighted by atomic mass is 9.84. The average Bonchev–Trinajstić information content (AvgIpc) is 3.24. The lowest BCUT2D eigenvalue weighted by Crippen LogP contribution is -2.21. The van der Waals surface area contributed by atoms with Crippen LogP contribution in [0.15, 0.2) is 54.6 Å². The first-order chi connectivity index (χ1) is 15.8. The van der Waals surface area contributed by atoms with Crippen molar-refractivity contribution >= 4 is 23.2 Å². The van der Waals surface area contributed by atoms with Gasteiger partial charge in [-0.15, -0.1) is 0 Å². The second-order valence-electron chi connectivity index (χ2n) is 8.02. The van der Waals surface area contributed by atoms with E-state index >= 15 is 0 Å². The average molecular weight is 478 g/mol. The van der Waals surface area contributed by atoms with Crippen molar-refractivity contribution in [3.63, 3.8) is 0 Å². The Hall–Kier alpha value is -3.00. The molecular formula is C24H23ClF3N3O2. The Morgan fingerprint density at radius 1 is 1.09 bits per heavy atom. The molecule has 1 saturated carbocycles. The fraction of sp³-hybridized carbons (Fsp3) is 0.333. The van der Waals surface area contributed by atoms with E-state index < -0.39 is 24.4 Å². The van der Waals surface area contributed by atoms with Crippen molar-refractivity contribution in [2.75, 3.05) is 11.9 Å². The van der Waals surface area contributed by atoms with Crippen LogP contribution in [0.4, 0.5) is 18.9 Å². The number of carbonyl (C=O) groups is 1. The number of hydrogen-bond donors (Lipinski definition) is 1. The minimum atomic E-state index is -4.67. The molecule has 0 spiro atoms. The molecule has 1 N–H and O–H groups in total. The lowest BCUT2D eigenvalue weighted by Gasteiger charge is -2.22. The fourth-order valence-electron chi connectivity index (χ4n) is 4.01. The molecule has 33 heavy (non-hydrogen) atoms. The van der Waals surface area contributed by atoms with Crippen LogP contribution in [0.2, 0.25) is 5.02 Å². The van der Waals surface area contributed by atoms with Crippen LogP contribution in [0.3, 0.4) is 0 Å². The highest BCUT2D eigenvalue weighted by atomic mass is 35.5. The predicted molar refractivity (Wildman–Crippen MR) is 120 cm³/mol. The molecule has 1 amide bonds. The summed E-state index contributed by atoms with van der Waals surface area (Å²) >= 11 is 6.12. The molecule has 0 atom stereocenters. The number of nitrogens with one attached hydrogen (secondary N) is 1. The zero-order chi connectivity index (χ0) is 23.4. The SMILES string of the molecule is O=C(COc1cc(C(F)(F)F)nn1-c1ccccc1Cl)Nc1ccc(C2CCCCC2)cc1. The molecule has 0 aliphatic heterocycles. The summed E-state index contributed by atoms with van der Waals surface area (Å²) in [5, 5.41) is 6.48. The van der Waals surface area contributed by atoms with Crippen LogP contribution in [0.1, 0.15) is 49.3 Å². The van der Waals surface area contributed by atoms with Crippen LogP contribution < -0.4 is 10.1 Å². The van der Waals surface area contributed by atoms with Gasteiger partial charge in [-0.2, -0.15) is 23.0 Å². The maximum atomic E-state index is 13.2. The molecule has 5 nitrogen and oxygen atoms in total. The van der Waals surface area contributed by atoms with Crippen molar-refractivity contribution in [1.29, 1.82) is 0 Å². The van der Waals surface area contributed by atoms with E-state index in [-0.39, 0.29) is 16.6 Å². The number of alkyl halides is 3. The van der Waals surface area contributed by atoms with E-state index in [2.05, 4.69) is 10.4 Å². The highest BCUT2D eigenvalue weighted by Crippen LogP contribution is 2.34. The van der Waals surface area contributed by atoms with Gasteiger partial charge in [-0.3, -0.25) is 4.79 Å². The quantitative estimate of drug-likeness (QED) is 0.434. The van der Waals surface area contributed by atoms with Gasteiger partial charge in [0.15, 0.2) is 12.3 Å². The number of para-hydroxylation sites is 1. The molecule has 174 valence electrons. The predicted octanol–water partition coefficient (Wildman–Crippen LogP) is 6.61. The van der Waals surface area contributed by atoms with Crippen LogP contribution >= 0.6 is 11.6 Å². The van der Waals surface area contributed by atoms with Crippen molar-refractivity contribution in [3.8, 4) is 11.6 Å². The maximum absolute atomic E-state index is 13.2. The van der Waals surface area contributed by atoms with Crippen LogP contribution in [0.5, 0.6) is 5.88 Å². The number of amides is 1. The number of rotatable bonds is 6. The number of hydrogen-bond acceptors (Lipinski definition) is 3. The smallest absolute Gasteiger partial charge is 0.435 e. The highest BCUT2D eigenvalue weighted by molar-refractivity contribution is 6.32. The first-order valence-electron chi connectivity index (χ1n) is 10.8. The van der Waals surface area contributed by atoms with Gasteiger partial charge in [0.25, 0.3) is 5.91 Å². The minimum absolute atomic E-state index is 0.196. The third-order valence-corrected chi connectivity index (χ3v) is 5.99. The Labute approximate surface area is 194 Å². The second kappa shape index (κ2) is 9.87. The summed E-state index contributed by atoms with van der Waals surface area (Å²) in [7, 11) is 0. The van der Waals surface area contributed by atoms with Crippen LogP contribution in [-0.4, -0.2) is 22.3 Å². The normalized spacial score (nSPS) is 14.8. The van der Waals surface area contributed by atoms with Gasteiger partial charge >= 0.3 is 6.18 Å². The van der Waals surface area contributed by atoms with E-state index in [9.17, 15) is 18.0 Å². The Balaban J connectivity index is 1.43. The number of ether oxygens (including phenoxy) is 1. The van der Waals surface area contributed by atoms with Gasteiger partial charge in [-0.05, 0) is 48.6 Å². The molecule has 1 aliphatic carbocycles. The number of aromatic nitrogens is 2. The van der Waals surface area contributed by atoms with Gasteiger partial charge in [0.1, 0.15) is 0 Å². The molecule has 1 aliphatic rings. The number of carbonyl (C=O) groups excluding carboxylic acids is 1. The van der Waals surface area contributed by atoms with Gasteiger partial charge in [0.2, 0.25) is 5.88 Å². The maximum Gasteiger partial charge on any atom is 0.435 e. The summed E-state index contributed by atoms with van der Waals surface area (Å²) in [6.45, 7) is -0.488. The Bertz CT molecular complexity index is 1110. The fourth-order valence-corrected chi connectivity index (χ4v) is 4.23. The summed E-state index contributed by atoms with van der Waals surface area (Å²) in [5.41, 5.74) is 0.922. The zero-order valence-corrected chi connectivity index (χ0v) is 18.5. The summed E-state index contributed by atoms with van der Waals surface area (Å²) < 4.78 is 46.0. The Morgan fingerprint density at radius 2 is 1.79 bits per heavy atom. The minimum Gasteiger partial charge on any atom is -0.467 e. The largest absolute Gasteiger partial charge is 0.467 e. The molecule has 3 aromatic rings. The van der Waals surface area contributed by atoms with Crippen molar-refractivity contribution in [1.82, 2.24) is 9.78 Å². The highest BCUT2D eigenvalue weighted by Gasteiger charge is 2.36. The molecular weight excluding hydrogens is 455 g/mol. The molecule has 1 fully saturated rings. The van der Waals surface area contributed by atoms with Crippen LogP contribution in [0, 0.1) is 0 Å². The molecule has 0 radical (unpaired) electrons. The molecule has 1 aromatic heterocycles. The topological polar surface area (TPSA) is 56.1 Å². The number of benzene rings is 2. The van der Waals surface area contributed by atoms with Crippen molar-refractivity contribution < 1.29 is 22.7 Å². The number of anilines is 1. The van der Waals surface area contributed by atoms with Gasteiger partial charge in [-0.25, -0.2) is 0 Å². The van der Waals surface area contributed by atoms with E-state index in [0.29, 0.717) is 11.6 Å². The molecule has 0 saturated heterocycles. The second-order valence-corrected chi connectivity index (χ2v) is 8.43. The summed E-state index contributed by atoms with van der Waals surface area (Å²) in [6.07, 6.45) is 1.44. The summed E-state index contributed by atoms with van der Waals surface area (Å²) in [5.74, 6) is -0.182. The lowest BCUT2D eigenvalue weighted by molar-refractivity contribution is -0.141. The van der Waals surface area contributed by atoms with Gasteiger partial charge in [-0.1, -0.05) is 55.1 Å². The van der Waals surface area contributed by atoms with Crippen LogP contribution in [-0.2, 0) is 11.0 Å². The van der Waals surface area contributed by atoms with Crippen LogP contribution in [0.25, 0.3) is 5.69 Å². The monoisotopic (exact) mass is 477 g/mol. The molecule has 0 bridgehead atoms. The molecule has 1 heterocycles. The first-order valence-corrected chi connectivity index (χ1v) is 11.1. The van der Waals surface area contributed by atoms with E-state index in [1.807, 2.05) is 24.3 Å². The molecule has 4 rings (SSSR count). The summed E-state index contributed by atoms with van der Waals surface area (Å²) in [4.78, 5) is 12.4. The number of halogens is 4. The van der Waals surface area contributed by atoms with Gasteiger partial charge in [0, 0.05) is 11.8 Å². The molecule has 2 aromatic carbocycles. The van der Waals surface area contributed by atoms with Crippen molar-refractivity contribution in [3.05, 3.63) is 70.9 Å².